The van der Waals surface area contributed by atoms with Gasteiger partial charge in [0.2, 0.25) is 0 Å². The normalized spacial score (nSPS) is 17.2. The first-order valence-corrected chi connectivity index (χ1v) is 7.72. The zero-order chi connectivity index (χ0) is 12.3. The molecule has 0 N–H and O–H groups in total. The summed E-state index contributed by atoms with van der Waals surface area (Å²) in [6, 6.07) is 7.39. The van der Waals surface area contributed by atoms with E-state index in [1.165, 1.54) is 37.3 Å². The van der Waals surface area contributed by atoms with Crippen molar-refractivity contribution in [3.05, 3.63) is 42.5 Å². The molecule has 0 atom stereocenters. The maximum absolute atomic E-state index is 11.8. The number of hydrogen-bond acceptors (Lipinski definition) is 2. The zero-order valence-corrected chi connectivity index (χ0v) is 10.7. The van der Waals surface area contributed by atoms with Crippen molar-refractivity contribution in [2.75, 3.05) is 5.75 Å². The first kappa shape index (κ1) is 12.4. The average molecular weight is 250 g/mol. The van der Waals surface area contributed by atoms with Crippen LogP contribution >= 0.6 is 0 Å². The molecule has 1 saturated carbocycles. The van der Waals surface area contributed by atoms with Gasteiger partial charge in [0, 0.05) is 0 Å². The van der Waals surface area contributed by atoms with Crippen LogP contribution in [0.3, 0.4) is 0 Å². The molecule has 1 aromatic carbocycles. The zero-order valence-electron chi connectivity index (χ0n) is 9.93. The first-order chi connectivity index (χ1) is 8.13. The molecule has 0 heterocycles. The van der Waals surface area contributed by atoms with Crippen LogP contribution in [0.15, 0.2) is 41.8 Å². The molecule has 0 radical (unpaired) electrons. The molecule has 0 bridgehead atoms. The van der Waals surface area contributed by atoms with E-state index in [-0.39, 0.29) is 5.75 Å². The van der Waals surface area contributed by atoms with Crippen molar-refractivity contribution in [3.8, 4) is 0 Å². The SMILES string of the molecule is C=CCS(=O)(=O)c1ccc(C2CCCC2)cc1. The monoisotopic (exact) mass is 250 g/mol. The highest BCUT2D eigenvalue weighted by atomic mass is 32.2. The molecule has 0 unspecified atom stereocenters. The van der Waals surface area contributed by atoms with Crippen molar-refractivity contribution >= 4 is 9.84 Å². The second-order valence-corrected chi connectivity index (χ2v) is 6.65. The highest BCUT2D eigenvalue weighted by molar-refractivity contribution is 7.91. The van der Waals surface area contributed by atoms with Gasteiger partial charge >= 0.3 is 0 Å². The Bertz CT molecular complexity index is 479. The molecule has 0 amide bonds. The highest BCUT2D eigenvalue weighted by Gasteiger charge is 2.18. The molecule has 0 spiro atoms. The fourth-order valence-corrected chi connectivity index (χ4v) is 3.51. The largest absolute Gasteiger partial charge is 0.223 e. The van der Waals surface area contributed by atoms with Crippen LogP contribution in [0.1, 0.15) is 37.2 Å². The van der Waals surface area contributed by atoms with E-state index in [4.69, 9.17) is 0 Å². The number of rotatable bonds is 4. The Labute approximate surface area is 103 Å². The summed E-state index contributed by atoms with van der Waals surface area (Å²) >= 11 is 0. The molecule has 1 aromatic rings. The standard InChI is InChI=1S/C14H18O2S/c1-2-11-17(15,16)14-9-7-13(8-10-14)12-5-3-4-6-12/h2,7-10,12H,1,3-6,11H2. The maximum atomic E-state index is 11.8. The van der Waals surface area contributed by atoms with Gasteiger partial charge in [-0.1, -0.05) is 31.1 Å². The van der Waals surface area contributed by atoms with Gasteiger partial charge in [0.25, 0.3) is 0 Å². The Hall–Kier alpha value is -1.09. The third-order valence-corrected chi connectivity index (χ3v) is 5.07. The Morgan fingerprint density at radius 1 is 1.18 bits per heavy atom. The van der Waals surface area contributed by atoms with Crippen molar-refractivity contribution in [1.82, 2.24) is 0 Å². The van der Waals surface area contributed by atoms with E-state index in [1.54, 1.807) is 12.1 Å². The van der Waals surface area contributed by atoms with E-state index >= 15 is 0 Å². The minimum Gasteiger partial charge on any atom is -0.223 e. The van der Waals surface area contributed by atoms with Crippen LogP contribution in [0.25, 0.3) is 0 Å². The Balaban J connectivity index is 2.20. The van der Waals surface area contributed by atoms with Gasteiger partial charge in [-0.3, -0.25) is 0 Å². The predicted molar refractivity (Wildman–Crippen MR) is 69.9 cm³/mol. The molecule has 1 fully saturated rings. The summed E-state index contributed by atoms with van der Waals surface area (Å²) in [4.78, 5) is 0.402. The Morgan fingerprint density at radius 3 is 2.29 bits per heavy atom. The molecule has 1 aliphatic rings. The van der Waals surface area contributed by atoms with E-state index in [1.807, 2.05) is 12.1 Å². The molecule has 0 aromatic heterocycles. The summed E-state index contributed by atoms with van der Waals surface area (Å²) in [5.41, 5.74) is 1.28. The summed E-state index contributed by atoms with van der Waals surface area (Å²) in [6.45, 7) is 3.47. The highest BCUT2D eigenvalue weighted by Crippen LogP contribution is 2.34. The van der Waals surface area contributed by atoms with E-state index < -0.39 is 9.84 Å². The van der Waals surface area contributed by atoms with Crippen molar-refractivity contribution in [2.24, 2.45) is 0 Å². The van der Waals surface area contributed by atoms with Crippen molar-refractivity contribution in [3.63, 3.8) is 0 Å². The molecule has 2 rings (SSSR count). The molecule has 2 nitrogen and oxygen atoms in total. The van der Waals surface area contributed by atoms with Gasteiger partial charge < -0.3 is 0 Å². The lowest BCUT2D eigenvalue weighted by Crippen LogP contribution is -2.04. The Kier molecular flexibility index (Phi) is 3.67. The fourth-order valence-electron chi connectivity index (χ4n) is 2.46. The van der Waals surface area contributed by atoms with Crippen molar-refractivity contribution < 1.29 is 8.42 Å². The van der Waals surface area contributed by atoms with Gasteiger partial charge in [0.1, 0.15) is 0 Å². The van der Waals surface area contributed by atoms with Crippen molar-refractivity contribution in [2.45, 2.75) is 36.5 Å². The van der Waals surface area contributed by atoms with Crippen LogP contribution in [0.4, 0.5) is 0 Å². The Morgan fingerprint density at radius 2 is 1.76 bits per heavy atom. The smallest absolute Gasteiger partial charge is 0.181 e. The molecule has 1 aliphatic carbocycles. The lowest BCUT2D eigenvalue weighted by molar-refractivity contribution is 0.599. The molecule has 0 aliphatic heterocycles. The van der Waals surface area contributed by atoms with Crippen LogP contribution in [-0.4, -0.2) is 14.2 Å². The van der Waals surface area contributed by atoms with Gasteiger partial charge in [0.05, 0.1) is 10.6 Å². The quantitative estimate of drug-likeness (QED) is 0.768. The van der Waals surface area contributed by atoms with Gasteiger partial charge in [-0.25, -0.2) is 8.42 Å². The second kappa shape index (κ2) is 5.05. The van der Waals surface area contributed by atoms with Crippen LogP contribution in [0.5, 0.6) is 0 Å². The molecular formula is C14H18O2S. The number of benzene rings is 1. The van der Waals surface area contributed by atoms with Crippen molar-refractivity contribution in [1.29, 1.82) is 0 Å². The predicted octanol–water partition coefficient (Wildman–Crippen LogP) is 3.30. The summed E-state index contributed by atoms with van der Waals surface area (Å²) in [5.74, 6) is 0.640. The molecule has 92 valence electrons. The van der Waals surface area contributed by atoms with Gasteiger partial charge in [-0.05, 0) is 36.5 Å². The van der Waals surface area contributed by atoms with E-state index in [2.05, 4.69) is 6.58 Å². The van der Waals surface area contributed by atoms with Crippen LogP contribution in [0, 0.1) is 0 Å². The summed E-state index contributed by atoms with van der Waals surface area (Å²) in [7, 11) is -3.17. The number of hydrogen-bond donors (Lipinski definition) is 0. The second-order valence-electron chi connectivity index (χ2n) is 4.62. The lowest BCUT2D eigenvalue weighted by atomic mass is 9.98. The molecule has 3 heteroatoms. The third-order valence-electron chi connectivity index (χ3n) is 3.40. The van der Waals surface area contributed by atoms with E-state index in [0.717, 1.165) is 0 Å². The third kappa shape index (κ3) is 2.78. The van der Waals surface area contributed by atoms with Crippen LogP contribution < -0.4 is 0 Å². The van der Waals surface area contributed by atoms with E-state index in [9.17, 15) is 8.42 Å². The number of sulfone groups is 1. The fraction of sp³-hybridized carbons (Fsp3) is 0.429. The first-order valence-electron chi connectivity index (χ1n) is 6.07. The summed E-state index contributed by atoms with van der Waals surface area (Å²) in [5, 5.41) is 0. The average Bonchev–Trinajstić information content (AvgIpc) is 2.82. The summed E-state index contributed by atoms with van der Waals surface area (Å²) in [6.07, 6.45) is 6.49. The minimum absolute atomic E-state index is 0.00970. The topological polar surface area (TPSA) is 34.1 Å². The summed E-state index contributed by atoms with van der Waals surface area (Å²) < 4.78 is 23.6. The van der Waals surface area contributed by atoms with Crippen LogP contribution in [0.2, 0.25) is 0 Å². The van der Waals surface area contributed by atoms with Gasteiger partial charge in [-0.15, -0.1) is 6.58 Å². The lowest BCUT2D eigenvalue weighted by Gasteiger charge is -2.10. The van der Waals surface area contributed by atoms with Gasteiger partial charge in [-0.2, -0.15) is 0 Å². The molecular weight excluding hydrogens is 232 g/mol. The molecule has 0 saturated heterocycles. The van der Waals surface area contributed by atoms with E-state index in [0.29, 0.717) is 10.8 Å². The maximum Gasteiger partial charge on any atom is 0.181 e. The van der Waals surface area contributed by atoms with Gasteiger partial charge in [0.15, 0.2) is 9.84 Å². The minimum atomic E-state index is -3.17. The molecule has 17 heavy (non-hydrogen) atoms. The van der Waals surface area contributed by atoms with Crippen LogP contribution in [-0.2, 0) is 9.84 Å².